The molecule has 0 unspecified atom stereocenters. The second kappa shape index (κ2) is 27.2. The van der Waals surface area contributed by atoms with E-state index in [1.54, 1.807) is 20.8 Å². The highest BCUT2D eigenvalue weighted by Crippen LogP contribution is 2.03. The predicted octanol–water partition coefficient (Wildman–Crippen LogP) is 7.64. The fraction of sp³-hybridized carbons (Fsp3) is 0.875. The van der Waals surface area contributed by atoms with Gasteiger partial charge in [0.05, 0.1) is 0 Å². The number of rotatable bonds is 15. The van der Waals surface area contributed by atoms with Crippen molar-refractivity contribution in [3.05, 3.63) is 0 Å². The zero-order valence-corrected chi connectivity index (χ0v) is 19.3. The number of hydrogen-bond acceptors (Lipinski definition) is 3. The van der Waals surface area contributed by atoms with Crippen molar-refractivity contribution in [3.63, 3.8) is 0 Å². The van der Waals surface area contributed by atoms with E-state index < -0.39 is 0 Å². The molecule has 0 aliphatic rings. The van der Waals surface area contributed by atoms with Crippen LogP contribution >= 0.6 is 0 Å². The van der Waals surface area contributed by atoms with Crippen LogP contribution in [0.2, 0.25) is 0 Å². The third-order valence-electron chi connectivity index (χ3n) is 4.15. The van der Waals surface area contributed by atoms with Crippen molar-refractivity contribution >= 4 is 17.3 Å². The molecule has 0 aromatic carbocycles. The van der Waals surface area contributed by atoms with E-state index in [0.29, 0.717) is 17.3 Å². The highest BCUT2D eigenvalue weighted by Gasteiger charge is 1.92. The van der Waals surface area contributed by atoms with Gasteiger partial charge in [-0.05, 0) is 40.0 Å². The summed E-state index contributed by atoms with van der Waals surface area (Å²) in [4.78, 5) is 31.2. The highest BCUT2D eigenvalue weighted by molar-refractivity contribution is 5.75. The van der Waals surface area contributed by atoms with Gasteiger partial charge in [0, 0.05) is 19.3 Å². The molecule has 0 heterocycles. The van der Waals surface area contributed by atoms with Crippen molar-refractivity contribution in [2.45, 2.75) is 138 Å². The van der Waals surface area contributed by atoms with Crippen LogP contribution in [0.25, 0.3) is 0 Å². The summed E-state index contributed by atoms with van der Waals surface area (Å²) in [6.45, 7) is 11.5. The Morgan fingerprint density at radius 1 is 0.407 bits per heavy atom. The molecule has 27 heavy (non-hydrogen) atoms. The Kier molecular flexibility index (Phi) is 31.0. The van der Waals surface area contributed by atoms with Gasteiger partial charge < -0.3 is 14.4 Å². The van der Waals surface area contributed by atoms with Crippen LogP contribution in [0.15, 0.2) is 0 Å². The Morgan fingerprint density at radius 3 is 0.778 bits per heavy atom. The molecular weight excluding hydrogens is 336 g/mol. The Hall–Kier alpha value is -0.990. The molecule has 0 aromatic rings. The van der Waals surface area contributed by atoms with E-state index in [2.05, 4.69) is 20.8 Å². The molecule has 0 aliphatic carbocycles. The van der Waals surface area contributed by atoms with Crippen molar-refractivity contribution in [2.75, 3.05) is 0 Å². The second-order valence-electron chi connectivity index (χ2n) is 7.54. The summed E-state index contributed by atoms with van der Waals surface area (Å²) in [6.07, 6.45) is 16.8. The number of unbranched alkanes of at least 4 members (excludes halogenated alkanes) is 9. The van der Waals surface area contributed by atoms with Crippen LogP contribution in [0.4, 0.5) is 0 Å². The van der Waals surface area contributed by atoms with Gasteiger partial charge >= 0.3 is 0 Å². The first-order chi connectivity index (χ1) is 12.8. The summed E-state index contributed by atoms with van der Waals surface area (Å²) in [5.74, 6) is 0.975. The molecule has 0 N–H and O–H groups in total. The van der Waals surface area contributed by atoms with Crippen LogP contribution in [-0.4, -0.2) is 17.3 Å². The van der Waals surface area contributed by atoms with Gasteiger partial charge in [0.25, 0.3) is 0 Å². The van der Waals surface area contributed by atoms with E-state index >= 15 is 0 Å². The lowest BCUT2D eigenvalue weighted by molar-refractivity contribution is -0.117. The summed E-state index contributed by atoms with van der Waals surface area (Å²) in [5, 5.41) is 0. The fourth-order valence-electron chi connectivity index (χ4n) is 2.40. The zero-order valence-electron chi connectivity index (χ0n) is 19.3. The first-order valence-corrected chi connectivity index (χ1v) is 11.3. The minimum absolute atomic E-state index is 0.325. The number of hydrogen-bond donors (Lipinski definition) is 0. The topological polar surface area (TPSA) is 51.2 Å². The van der Waals surface area contributed by atoms with E-state index in [4.69, 9.17) is 0 Å². The third-order valence-corrected chi connectivity index (χ3v) is 4.15. The minimum atomic E-state index is 0.325. The van der Waals surface area contributed by atoms with Crippen molar-refractivity contribution in [2.24, 2.45) is 0 Å². The quantitative estimate of drug-likeness (QED) is 0.273. The van der Waals surface area contributed by atoms with E-state index in [1.165, 1.54) is 57.8 Å². The molecule has 0 aliphatic heterocycles. The van der Waals surface area contributed by atoms with Gasteiger partial charge in [-0.3, -0.25) is 0 Å². The maximum absolute atomic E-state index is 10.4. The van der Waals surface area contributed by atoms with Gasteiger partial charge in [0.15, 0.2) is 0 Å². The van der Waals surface area contributed by atoms with Gasteiger partial charge in [-0.15, -0.1) is 0 Å². The lowest BCUT2D eigenvalue weighted by atomic mass is 10.1. The average molecular weight is 385 g/mol. The molecule has 0 fully saturated rings. The van der Waals surface area contributed by atoms with E-state index in [0.717, 1.165) is 38.5 Å². The molecule has 0 amide bonds. The standard InChI is InChI=1S/3C8H16O/c3*1-3-4-5-6-7-8(2)9/h3*3-7H2,1-2H3. The van der Waals surface area contributed by atoms with Crippen LogP contribution in [0.5, 0.6) is 0 Å². The molecule has 3 nitrogen and oxygen atoms in total. The summed E-state index contributed by atoms with van der Waals surface area (Å²) >= 11 is 0. The van der Waals surface area contributed by atoms with Gasteiger partial charge in [-0.25, -0.2) is 0 Å². The Morgan fingerprint density at radius 2 is 0.630 bits per heavy atom. The van der Waals surface area contributed by atoms with Gasteiger partial charge in [0.1, 0.15) is 17.3 Å². The Labute approximate surface area is 170 Å². The van der Waals surface area contributed by atoms with E-state index in [1.807, 2.05) is 0 Å². The van der Waals surface area contributed by atoms with Crippen molar-refractivity contribution in [1.29, 1.82) is 0 Å². The van der Waals surface area contributed by atoms with E-state index in [-0.39, 0.29) is 0 Å². The molecule has 0 bridgehead atoms. The Bertz CT molecular complexity index is 282. The van der Waals surface area contributed by atoms with Crippen molar-refractivity contribution in [1.82, 2.24) is 0 Å². The molecule has 162 valence electrons. The number of Topliss-reactive ketones (excluding diaryl/α,β-unsaturated/α-hetero) is 3. The molecule has 0 aromatic heterocycles. The SMILES string of the molecule is CCCCCCC(C)=O.CCCCCCC(C)=O.CCCCCCC(C)=O. The molecule has 3 heteroatoms. The Balaban J connectivity index is -0.000000320. The third kappa shape index (κ3) is 45.8. The molecular formula is C24H48O3. The monoisotopic (exact) mass is 384 g/mol. The minimum Gasteiger partial charge on any atom is -0.300 e. The molecule has 0 atom stereocenters. The molecule has 0 radical (unpaired) electrons. The van der Waals surface area contributed by atoms with Crippen molar-refractivity contribution < 1.29 is 14.4 Å². The van der Waals surface area contributed by atoms with Crippen LogP contribution in [0.3, 0.4) is 0 Å². The maximum atomic E-state index is 10.4. The summed E-state index contributed by atoms with van der Waals surface area (Å²) < 4.78 is 0. The average Bonchev–Trinajstić information content (AvgIpc) is 2.60. The molecule has 0 saturated carbocycles. The van der Waals surface area contributed by atoms with Crippen LogP contribution < -0.4 is 0 Å². The van der Waals surface area contributed by atoms with Gasteiger partial charge in [-0.1, -0.05) is 78.6 Å². The number of ketones is 3. The summed E-state index contributed by atoms with van der Waals surface area (Å²) in [7, 11) is 0. The van der Waals surface area contributed by atoms with Gasteiger partial charge in [0.2, 0.25) is 0 Å². The predicted molar refractivity (Wildman–Crippen MR) is 118 cm³/mol. The number of carbonyl (C=O) groups is 3. The lowest BCUT2D eigenvalue weighted by Gasteiger charge is -1.93. The molecule has 0 spiro atoms. The van der Waals surface area contributed by atoms with Crippen LogP contribution in [0, 0.1) is 0 Å². The van der Waals surface area contributed by atoms with Gasteiger partial charge in [-0.2, -0.15) is 0 Å². The lowest BCUT2D eigenvalue weighted by Crippen LogP contribution is -1.88. The normalized spacial score (nSPS) is 9.56. The smallest absolute Gasteiger partial charge is 0.129 e. The first-order valence-electron chi connectivity index (χ1n) is 11.3. The zero-order chi connectivity index (χ0) is 21.3. The van der Waals surface area contributed by atoms with Crippen molar-refractivity contribution in [3.8, 4) is 0 Å². The van der Waals surface area contributed by atoms with Crippen LogP contribution in [0.1, 0.15) is 138 Å². The largest absolute Gasteiger partial charge is 0.300 e. The van der Waals surface area contributed by atoms with Crippen LogP contribution in [-0.2, 0) is 14.4 Å². The summed E-state index contributed by atoms with van der Waals surface area (Å²) in [6, 6.07) is 0. The van der Waals surface area contributed by atoms with E-state index in [9.17, 15) is 14.4 Å². The highest BCUT2D eigenvalue weighted by atomic mass is 16.1. The molecule has 0 rings (SSSR count). The fourth-order valence-corrected chi connectivity index (χ4v) is 2.40. The first kappa shape index (κ1) is 30.7. The second-order valence-corrected chi connectivity index (χ2v) is 7.54. The maximum Gasteiger partial charge on any atom is 0.129 e. The summed E-state index contributed by atoms with van der Waals surface area (Å²) in [5.41, 5.74) is 0. The number of carbonyl (C=O) groups excluding carboxylic acids is 3. The molecule has 0 saturated heterocycles.